The third kappa shape index (κ3) is 2.99. The zero-order chi connectivity index (χ0) is 14.0. The molecule has 8 heteroatoms. The van der Waals surface area contributed by atoms with Crippen molar-refractivity contribution in [2.75, 3.05) is 0 Å². The first-order valence-corrected chi connectivity index (χ1v) is 5.45. The molecular formula is C11H7ClF3N3O. The van der Waals surface area contributed by atoms with Gasteiger partial charge in [-0.25, -0.2) is 4.98 Å². The number of rotatable bonds is 2. The van der Waals surface area contributed by atoms with Crippen molar-refractivity contribution in [3.8, 4) is 0 Å². The smallest absolute Gasteiger partial charge is 0.383 e. The van der Waals surface area contributed by atoms with Gasteiger partial charge in [0, 0.05) is 17.3 Å². The summed E-state index contributed by atoms with van der Waals surface area (Å²) in [6, 6.07) is 3.33. The van der Waals surface area contributed by atoms with Gasteiger partial charge in [0.2, 0.25) is 0 Å². The van der Waals surface area contributed by atoms with Crippen LogP contribution in [0.4, 0.5) is 13.2 Å². The van der Waals surface area contributed by atoms with Crippen molar-refractivity contribution < 1.29 is 18.3 Å². The SMILES string of the molecule is OC(c1ccnnc1)c1ccc(C(F)(F)F)nc1Cl. The highest BCUT2D eigenvalue weighted by molar-refractivity contribution is 6.30. The summed E-state index contributed by atoms with van der Waals surface area (Å²) < 4.78 is 37.3. The fourth-order valence-electron chi connectivity index (χ4n) is 1.45. The van der Waals surface area contributed by atoms with Crippen LogP contribution in [0, 0.1) is 0 Å². The molecule has 2 aromatic rings. The molecule has 0 aliphatic rings. The average Bonchev–Trinajstić information content (AvgIpc) is 2.38. The molecule has 0 amide bonds. The molecule has 0 saturated heterocycles. The molecule has 1 unspecified atom stereocenters. The molecule has 0 spiro atoms. The Morgan fingerprint density at radius 3 is 2.42 bits per heavy atom. The van der Waals surface area contributed by atoms with Crippen LogP contribution in [0.3, 0.4) is 0 Å². The highest BCUT2D eigenvalue weighted by atomic mass is 35.5. The Bertz CT molecular complexity index is 577. The fraction of sp³-hybridized carbons (Fsp3) is 0.182. The molecule has 100 valence electrons. The summed E-state index contributed by atoms with van der Waals surface area (Å²) in [6.45, 7) is 0. The summed E-state index contributed by atoms with van der Waals surface area (Å²) in [4.78, 5) is 3.24. The van der Waals surface area contributed by atoms with Crippen LogP contribution < -0.4 is 0 Å². The summed E-state index contributed by atoms with van der Waals surface area (Å²) in [7, 11) is 0. The van der Waals surface area contributed by atoms with Crippen LogP contribution in [-0.2, 0) is 6.18 Å². The molecule has 0 saturated carbocycles. The van der Waals surface area contributed by atoms with Crippen molar-refractivity contribution in [1.29, 1.82) is 0 Å². The third-order valence-corrected chi connectivity index (χ3v) is 2.69. The second-order valence-corrected chi connectivity index (χ2v) is 4.01. The van der Waals surface area contributed by atoms with Crippen LogP contribution in [0.1, 0.15) is 22.9 Å². The molecule has 0 bridgehead atoms. The quantitative estimate of drug-likeness (QED) is 0.864. The largest absolute Gasteiger partial charge is 0.433 e. The molecule has 2 aromatic heterocycles. The van der Waals surface area contributed by atoms with Crippen molar-refractivity contribution >= 4 is 11.6 Å². The number of nitrogens with zero attached hydrogens (tertiary/aromatic N) is 3. The number of aliphatic hydroxyl groups excluding tert-OH is 1. The first-order valence-electron chi connectivity index (χ1n) is 5.08. The minimum atomic E-state index is -4.58. The van der Waals surface area contributed by atoms with Crippen LogP contribution >= 0.6 is 11.6 Å². The monoisotopic (exact) mass is 289 g/mol. The van der Waals surface area contributed by atoms with Crippen LogP contribution in [0.15, 0.2) is 30.6 Å². The number of alkyl halides is 3. The normalized spacial score (nSPS) is 13.3. The predicted octanol–water partition coefficient (Wildman–Crippen LogP) is 2.63. The maximum atomic E-state index is 12.4. The topological polar surface area (TPSA) is 58.9 Å². The molecule has 0 aromatic carbocycles. The molecule has 1 N–H and O–H groups in total. The lowest BCUT2D eigenvalue weighted by molar-refractivity contribution is -0.141. The van der Waals surface area contributed by atoms with Gasteiger partial charge in [-0.15, -0.1) is 0 Å². The lowest BCUT2D eigenvalue weighted by atomic mass is 10.1. The van der Waals surface area contributed by atoms with E-state index in [4.69, 9.17) is 11.6 Å². The molecule has 2 rings (SSSR count). The number of aliphatic hydroxyl groups is 1. The summed E-state index contributed by atoms with van der Waals surface area (Å²) in [5.41, 5.74) is -0.678. The van der Waals surface area contributed by atoms with E-state index in [1.54, 1.807) is 0 Å². The number of halogens is 4. The van der Waals surface area contributed by atoms with Crippen LogP contribution in [-0.4, -0.2) is 20.3 Å². The molecule has 1 atom stereocenters. The lowest BCUT2D eigenvalue weighted by Crippen LogP contribution is -2.10. The van der Waals surface area contributed by atoms with Gasteiger partial charge in [0.05, 0.1) is 6.20 Å². The van der Waals surface area contributed by atoms with Crippen molar-refractivity contribution in [1.82, 2.24) is 15.2 Å². The van der Waals surface area contributed by atoms with E-state index in [9.17, 15) is 18.3 Å². The molecule has 0 aliphatic carbocycles. The lowest BCUT2D eigenvalue weighted by Gasteiger charge is -2.13. The number of hydrogen-bond donors (Lipinski definition) is 1. The Kier molecular flexibility index (Phi) is 3.68. The van der Waals surface area contributed by atoms with Gasteiger partial charge in [-0.3, -0.25) is 0 Å². The van der Waals surface area contributed by atoms with Gasteiger partial charge in [0.25, 0.3) is 0 Å². The van der Waals surface area contributed by atoms with Crippen molar-refractivity contribution in [2.24, 2.45) is 0 Å². The molecule has 19 heavy (non-hydrogen) atoms. The first-order chi connectivity index (χ1) is 8.89. The predicted molar refractivity (Wildman–Crippen MR) is 60.3 cm³/mol. The zero-order valence-electron chi connectivity index (χ0n) is 9.26. The van der Waals surface area contributed by atoms with E-state index in [1.807, 2.05) is 0 Å². The van der Waals surface area contributed by atoms with E-state index in [0.717, 1.165) is 12.1 Å². The standard InChI is InChI=1S/C11H7ClF3N3O/c12-10-7(1-2-8(18-10)11(13,14)15)9(19)6-3-4-16-17-5-6/h1-5,9,19H. The molecular weight excluding hydrogens is 283 g/mol. The van der Waals surface area contributed by atoms with E-state index >= 15 is 0 Å². The molecule has 0 radical (unpaired) electrons. The first kappa shape index (κ1) is 13.7. The minimum Gasteiger partial charge on any atom is -0.383 e. The minimum absolute atomic E-state index is 0.0719. The second kappa shape index (κ2) is 5.10. The molecule has 2 heterocycles. The third-order valence-electron chi connectivity index (χ3n) is 2.39. The van der Waals surface area contributed by atoms with E-state index in [1.165, 1.54) is 18.5 Å². The van der Waals surface area contributed by atoms with Gasteiger partial charge in [0.1, 0.15) is 17.0 Å². The van der Waals surface area contributed by atoms with Crippen molar-refractivity contribution in [2.45, 2.75) is 12.3 Å². The zero-order valence-corrected chi connectivity index (χ0v) is 10.0. The van der Waals surface area contributed by atoms with Gasteiger partial charge in [-0.1, -0.05) is 17.7 Å². The summed E-state index contributed by atoms with van der Waals surface area (Å²) in [6.07, 6.45) is -3.15. The van der Waals surface area contributed by atoms with Crippen LogP contribution in [0.25, 0.3) is 0 Å². The Labute approximate surface area is 110 Å². The Morgan fingerprint density at radius 1 is 1.16 bits per heavy atom. The molecule has 0 fully saturated rings. The summed E-state index contributed by atoms with van der Waals surface area (Å²) in [5.74, 6) is 0. The van der Waals surface area contributed by atoms with Gasteiger partial charge < -0.3 is 5.11 Å². The fourth-order valence-corrected chi connectivity index (χ4v) is 1.71. The van der Waals surface area contributed by atoms with Crippen LogP contribution in [0.2, 0.25) is 5.15 Å². The van der Waals surface area contributed by atoms with Crippen molar-refractivity contribution in [3.63, 3.8) is 0 Å². The highest BCUT2D eigenvalue weighted by Gasteiger charge is 2.33. The average molecular weight is 290 g/mol. The Hall–Kier alpha value is -1.73. The summed E-state index contributed by atoms with van der Waals surface area (Å²) in [5, 5.41) is 16.7. The number of hydrogen-bond acceptors (Lipinski definition) is 4. The number of aromatic nitrogens is 3. The van der Waals surface area contributed by atoms with Gasteiger partial charge in [-0.05, 0) is 12.1 Å². The van der Waals surface area contributed by atoms with E-state index in [2.05, 4.69) is 15.2 Å². The highest BCUT2D eigenvalue weighted by Crippen LogP contribution is 2.32. The second-order valence-electron chi connectivity index (χ2n) is 3.65. The van der Waals surface area contributed by atoms with Gasteiger partial charge >= 0.3 is 6.18 Å². The maximum absolute atomic E-state index is 12.4. The maximum Gasteiger partial charge on any atom is 0.433 e. The number of pyridine rings is 1. The van der Waals surface area contributed by atoms with E-state index < -0.39 is 23.1 Å². The van der Waals surface area contributed by atoms with Gasteiger partial charge in [0.15, 0.2) is 0 Å². The summed E-state index contributed by atoms with van der Waals surface area (Å²) >= 11 is 5.67. The molecule has 4 nitrogen and oxygen atoms in total. The Balaban J connectivity index is 2.37. The Morgan fingerprint density at radius 2 is 1.89 bits per heavy atom. The van der Waals surface area contributed by atoms with Crippen molar-refractivity contribution in [3.05, 3.63) is 52.6 Å². The molecule has 0 aliphatic heterocycles. The van der Waals surface area contributed by atoms with Crippen LogP contribution in [0.5, 0.6) is 0 Å². The van der Waals surface area contributed by atoms with Gasteiger partial charge in [-0.2, -0.15) is 23.4 Å². The van der Waals surface area contributed by atoms with E-state index in [0.29, 0.717) is 5.56 Å². The van der Waals surface area contributed by atoms with E-state index in [-0.39, 0.29) is 5.56 Å².